The summed E-state index contributed by atoms with van der Waals surface area (Å²) in [7, 11) is 0. The Morgan fingerprint density at radius 1 is 0.866 bits per heavy atom. The van der Waals surface area contributed by atoms with E-state index in [1.807, 2.05) is 12.1 Å². The molecule has 4 aromatic rings. The molecule has 8 aliphatic rings. The smallest absolute Gasteiger partial charge is 0.319 e. The average Bonchev–Trinajstić information content (AvgIpc) is 4.25. The number of nitrogens with one attached hydrogen (secondary N) is 2. The number of benzene rings is 2. The number of ether oxygens (including phenoxy) is 1. The van der Waals surface area contributed by atoms with Gasteiger partial charge in [-0.1, -0.05) is 11.6 Å². The Bertz CT molecular complexity index is 2640. The third-order valence-corrected chi connectivity index (χ3v) is 16.3. The number of aromatic nitrogens is 3. The van der Waals surface area contributed by atoms with Crippen LogP contribution < -0.4 is 25.2 Å². The van der Waals surface area contributed by atoms with Crippen LogP contribution in [-0.4, -0.2) is 143 Å². The highest BCUT2D eigenvalue weighted by molar-refractivity contribution is 6.32. The lowest BCUT2D eigenvalue weighted by molar-refractivity contribution is -0.136. The molecule has 2 unspecified atom stereocenters. The van der Waals surface area contributed by atoms with Crippen LogP contribution in [0.5, 0.6) is 11.8 Å². The van der Waals surface area contributed by atoms with E-state index in [9.17, 15) is 19.5 Å². The number of likely N-dealkylation sites (tertiary alicyclic amines) is 1. The second-order valence-corrected chi connectivity index (χ2v) is 21.2. The molecular weight excluding hydrogens is 875 g/mol. The van der Waals surface area contributed by atoms with Crippen LogP contribution in [0, 0.1) is 17.2 Å². The van der Waals surface area contributed by atoms with Gasteiger partial charge < -0.3 is 34.8 Å². The van der Waals surface area contributed by atoms with Gasteiger partial charge in [0.2, 0.25) is 11.8 Å². The number of hydrogen-bond acceptors (Lipinski definition) is 13. The van der Waals surface area contributed by atoms with E-state index in [0.717, 1.165) is 134 Å². The second-order valence-electron chi connectivity index (χ2n) is 20.8. The first kappa shape index (κ1) is 43.1. The van der Waals surface area contributed by atoms with Crippen molar-refractivity contribution >= 4 is 51.7 Å². The van der Waals surface area contributed by atoms with Crippen molar-refractivity contribution < 1.29 is 28.6 Å². The molecule has 0 radical (unpaired) electrons. The van der Waals surface area contributed by atoms with E-state index in [2.05, 4.69) is 41.3 Å². The van der Waals surface area contributed by atoms with Crippen molar-refractivity contribution in [3.63, 3.8) is 0 Å². The maximum absolute atomic E-state index is 17.0. The molecular formula is C50H58ClFN10O5. The van der Waals surface area contributed by atoms with E-state index in [-0.39, 0.29) is 58.4 Å². The topological polar surface area (TPSA) is 160 Å². The zero-order valence-electron chi connectivity index (χ0n) is 37.8. The number of fused-ring (bicyclic) bond motifs is 4. The Labute approximate surface area is 394 Å². The van der Waals surface area contributed by atoms with Crippen molar-refractivity contribution in [2.75, 3.05) is 81.9 Å². The lowest BCUT2D eigenvalue weighted by Gasteiger charge is -2.40. The molecule has 3 N–H and O–H groups in total. The van der Waals surface area contributed by atoms with E-state index in [4.69, 9.17) is 26.3 Å². The molecule has 15 nitrogen and oxygen atoms in total. The van der Waals surface area contributed by atoms with Gasteiger partial charge in [-0.3, -0.25) is 29.6 Å². The minimum atomic E-state index is -0.606. The predicted molar refractivity (Wildman–Crippen MR) is 251 cm³/mol. The fourth-order valence-electron chi connectivity index (χ4n) is 11.9. The summed E-state index contributed by atoms with van der Waals surface area (Å²) < 4.78 is 23.5. The number of piperidine rings is 2. The van der Waals surface area contributed by atoms with Gasteiger partial charge in [-0.2, -0.15) is 9.97 Å². The summed E-state index contributed by atoms with van der Waals surface area (Å²) in [5, 5.41) is 17.6. The first-order valence-electron chi connectivity index (χ1n) is 24.5. The fourth-order valence-corrected chi connectivity index (χ4v) is 12.3. The number of pyridine rings is 1. The zero-order chi connectivity index (χ0) is 45.6. The molecule has 67 heavy (non-hydrogen) atoms. The number of imide groups is 1. The molecule has 12 rings (SSSR count). The number of amides is 3. The number of piperazine rings is 2. The van der Waals surface area contributed by atoms with Crippen molar-refractivity contribution in [1.29, 1.82) is 0 Å². The molecule has 3 atom stereocenters. The monoisotopic (exact) mass is 932 g/mol. The Balaban J connectivity index is 0.666. The highest BCUT2D eigenvalue weighted by Gasteiger charge is 2.46. The Morgan fingerprint density at radius 3 is 2.37 bits per heavy atom. The summed E-state index contributed by atoms with van der Waals surface area (Å²) in [5.41, 5.74) is 4.35. The van der Waals surface area contributed by atoms with Gasteiger partial charge in [-0.25, -0.2) is 4.39 Å². The highest BCUT2D eigenvalue weighted by Crippen LogP contribution is 2.50. The molecule has 2 aliphatic carbocycles. The number of phenols is 1. The van der Waals surface area contributed by atoms with Crippen molar-refractivity contribution in [2.24, 2.45) is 11.3 Å². The fraction of sp³-hybridized carbons (Fsp3) is 0.560. The van der Waals surface area contributed by atoms with Crippen LogP contribution in [-0.2, 0) is 16.1 Å². The lowest BCUT2D eigenvalue weighted by atomic mass is 9.94. The molecule has 8 heterocycles. The average molecular weight is 934 g/mol. The third kappa shape index (κ3) is 8.45. The molecule has 7 fully saturated rings. The van der Waals surface area contributed by atoms with Crippen LogP contribution in [0.15, 0.2) is 36.5 Å². The van der Waals surface area contributed by atoms with Crippen molar-refractivity contribution in [1.82, 2.24) is 40.3 Å². The molecule has 2 aromatic heterocycles. The van der Waals surface area contributed by atoms with Gasteiger partial charge in [0.05, 0.1) is 12.0 Å². The molecule has 3 amide bonds. The quantitative estimate of drug-likeness (QED) is 0.154. The van der Waals surface area contributed by atoms with Gasteiger partial charge in [0, 0.05) is 111 Å². The van der Waals surface area contributed by atoms with Crippen molar-refractivity contribution in [2.45, 2.75) is 94.8 Å². The largest absolute Gasteiger partial charge is 0.508 e. The zero-order valence-corrected chi connectivity index (χ0v) is 38.6. The molecule has 2 aromatic carbocycles. The van der Waals surface area contributed by atoms with Crippen LogP contribution >= 0.6 is 11.6 Å². The number of anilines is 2. The number of carbonyl (C=O) groups is 3. The number of phenolic OH excluding ortho intramolecular Hbond substituents is 1. The van der Waals surface area contributed by atoms with Crippen LogP contribution in [0.1, 0.15) is 91.6 Å². The van der Waals surface area contributed by atoms with Crippen LogP contribution in [0.25, 0.3) is 22.2 Å². The van der Waals surface area contributed by atoms with Gasteiger partial charge in [-0.05, 0) is 124 Å². The minimum Gasteiger partial charge on any atom is -0.508 e. The summed E-state index contributed by atoms with van der Waals surface area (Å²) in [5.74, 6) is 0.126. The summed E-state index contributed by atoms with van der Waals surface area (Å²) >= 11 is 6.65. The lowest BCUT2D eigenvalue weighted by Crippen LogP contribution is -2.52. The summed E-state index contributed by atoms with van der Waals surface area (Å²) in [4.78, 5) is 63.3. The van der Waals surface area contributed by atoms with Gasteiger partial charge in [-0.15, -0.1) is 0 Å². The molecule has 2 bridgehead atoms. The number of aromatic hydroxyl groups is 1. The predicted octanol–water partition coefficient (Wildman–Crippen LogP) is 5.46. The van der Waals surface area contributed by atoms with Crippen molar-refractivity contribution in [3.8, 4) is 23.0 Å². The van der Waals surface area contributed by atoms with Gasteiger partial charge in [0.15, 0.2) is 5.82 Å². The molecule has 6 aliphatic heterocycles. The van der Waals surface area contributed by atoms with Crippen molar-refractivity contribution in [3.05, 3.63) is 64.1 Å². The Morgan fingerprint density at radius 2 is 1.64 bits per heavy atom. The molecule has 17 heteroatoms. The first-order chi connectivity index (χ1) is 32.5. The number of rotatable bonds is 12. The standard InChI is InChI=1S/C50H58ClFN10O5/c51-39-21-35(63)20-37(42(39)30-1-2-30)44-43(52)45-38(22-53-44)46(61-25-32-3-4-33(26-61)54-32)57-49(56-45)67-28-50(11-12-50)27-59-13-9-29(10-14-59)23-58-15-17-60(18-16-58)34-5-6-36-31(19-34)24-62(48(36)66)40-7-8-41(64)55-47(40)65/h5-6,19-22,29-30,32-33,40,54,63H,1-4,7-18,23-28H2,(H,55,64,65)/t32?,33?,40-/m0/s1. The SMILES string of the molecule is O=C1CC[C@H](N2Cc3cc(N4CCN(CC5CCN(CC6(COc7nc(N8CC9CCC(C8)N9)c8cnc(-c9cc(O)cc(Cl)c9C9CC9)c(F)c8n7)CC6)CC5)CC4)ccc3C2=O)C(=O)N1. The highest BCUT2D eigenvalue weighted by atomic mass is 35.5. The summed E-state index contributed by atoms with van der Waals surface area (Å²) in [6.45, 7) is 10.4. The summed E-state index contributed by atoms with van der Waals surface area (Å²) in [6.07, 6.45) is 10.9. The normalized spacial score (nSPS) is 25.6. The van der Waals surface area contributed by atoms with E-state index in [0.29, 0.717) is 64.9 Å². The number of nitrogens with zero attached hydrogens (tertiary/aromatic N) is 8. The maximum atomic E-state index is 17.0. The van der Waals surface area contributed by atoms with E-state index in [1.54, 1.807) is 17.2 Å². The number of carbonyl (C=O) groups excluding carboxylic acids is 3. The molecule has 5 saturated heterocycles. The van der Waals surface area contributed by atoms with Crippen LogP contribution in [0.3, 0.4) is 0 Å². The van der Waals surface area contributed by atoms with E-state index >= 15 is 4.39 Å². The molecule has 2 saturated carbocycles. The van der Waals surface area contributed by atoms with E-state index in [1.165, 1.54) is 6.07 Å². The first-order valence-corrected chi connectivity index (χ1v) is 24.9. The molecule has 0 spiro atoms. The van der Waals surface area contributed by atoms with Gasteiger partial charge >= 0.3 is 6.01 Å². The Kier molecular flexibility index (Phi) is 11.0. The van der Waals surface area contributed by atoms with Crippen LogP contribution in [0.2, 0.25) is 5.02 Å². The number of hydrogen-bond donors (Lipinski definition) is 3. The second kappa shape index (κ2) is 17.1. The number of halogens is 2. The molecule has 352 valence electrons. The maximum Gasteiger partial charge on any atom is 0.319 e. The minimum absolute atomic E-state index is 0.0172. The van der Waals surface area contributed by atoms with Gasteiger partial charge in [0.25, 0.3) is 5.91 Å². The van der Waals surface area contributed by atoms with Crippen LogP contribution in [0.4, 0.5) is 15.9 Å². The third-order valence-electron chi connectivity index (χ3n) is 16.0. The van der Waals surface area contributed by atoms with Gasteiger partial charge in [0.1, 0.15) is 28.8 Å². The summed E-state index contributed by atoms with van der Waals surface area (Å²) in [6, 6.07) is 9.41. The Hall–Kier alpha value is -5.16. The van der Waals surface area contributed by atoms with E-state index < -0.39 is 11.9 Å².